The molecule has 0 radical (unpaired) electrons. The van der Waals surface area contributed by atoms with E-state index in [0.717, 1.165) is 49.7 Å². The van der Waals surface area contributed by atoms with Gasteiger partial charge in [-0.15, -0.1) is 0 Å². The van der Waals surface area contributed by atoms with Crippen LogP contribution in [-0.4, -0.2) is 16.2 Å². The lowest BCUT2D eigenvalue weighted by atomic mass is 9.96. The number of aliphatic hydroxyl groups is 1. The van der Waals surface area contributed by atoms with Gasteiger partial charge in [0, 0.05) is 0 Å². The number of unbranched alkanes of at least 4 members (excludes halogenated alkanes) is 2. The molecule has 0 aliphatic rings. The summed E-state index contributed by atoms with van der Waals surface area (Å²) in [5, 5.41) is 18.6. The van der Waals surface area contributed by atoms with Gasteiger partial charge in [-0.2, -0.15) is 0 Å². The molecule has 0 amide bonds. The quantitative estimate of drug-likeness (QED) is 0.755. The normalized spacial score (nSPS) is 12.4. The number of aliphatic carboxylic acids is 1. The van der Waals surface area contributed by atoms with E-state index in [1.807, 2.05) is 12.1 Å². The zero-order chi connectivity index (χ0) is 14.3. The third kappa shape index (κ3) is 5.03. The van der Waals surface area contributed by atoms with Gasteiger partial charge in [0.1, 0.15) is 0 Å². The molecule has 0 saturated heterocycles. The number of aliphatic hydroxyl groups excluding tert-OH is 1. The number of carboxylic acids is 1. The van der Waals surface area contributed by atoms with Crippen molar-refractivity contribution >= 4 is 5.97 Å². The SMILES string of the molecule is CCCCc1cc(CCCC)cc(C(O)C(=O)O)c1. The van der Waals surface area contributed by atoms with Gasteiger partial charge in [-0.3, -0.25) is 0 Å². The Morgan fingerprint density at radius 2 is 1.53 bits per heavy atom. The topological polar surface area (TPSA) is 57.5 Å². The van der Waals surface area contributed by atoms with Crippen LogP contribution < -0.4 is 0 Å². The molecule has 0 saturated carbocycles. The number of benzene rings is 1. The third-order valence-electron chi connectivity index (χ3n) is 3.26. The Morgan fingerprint density at radius 1 is 1.05 bits per heavy atom. The van der Waals surface area contributed by atoms with Crippen LogP contribution in [0.4, 0.5) is 0 Å². The molecule has 0 bridgehead atoms. The van der Waals surface area contributed by atoms with Gasteiger partial charge < -0.3 is 10.2 Å². The van der Waals surface area contributed by atoms with E-state index in [4.69, 9.17) is 5.11 Å². The molecule has 1 aromatic rings. The first-order chi connectivity index (χ1) is 9.08. The molecule has 2 N–H and O–H groups in total. The van der Waals surface area contributed by atoms with Gasteiger partial charge in [-0.05, 0) is 42.4 Å². The van der Waals surface area contributed by atoms with Crippen molar-refractivity contribution in [2.75, 3.05) is 0 Å². The lowest BCUT2D eigenvalue weighted by molar-refractivity contribution is -0.146. The Kier molecular flexibility index (Phi) is 6.57. The second-order valence-electron chi connectivity index (χ2n) is 5.03. The first-order valence-corrected chi connectivity index (χ1v) is 7.12. The Labute approximate surface area is 115 Å². The van der Waals surface area contributed by atoms with Crippen molar-refractivity contribution in [3.8, 4) is 0 Å². The summed E-state index contributed by atoms with van der Waals surface area (Å²) in [7, 11) is 0. The number of hydrogen-bond donors (Lipinski definition) is 2. The molecule has 3 nitrogen and oxygen atoms in total. The van der Waals surface area contributed by atoms with Crippen LogP contribution in [0.25, 0.3) is 0 Å². The zero-order valence-corrected chi connectivity index (χ0v) is 11.9. The van der Waals surface area contributed by atoms with E-state index < -0.39 is 12.1 Å². The molecule has 1 rings (SSSR count). The summed E-state index contributed by atoms with van der Waals surface area (Å²) in [6.45, 7) is 4.27. The highest BCUT2D eigenvalue weighted by molar-refractivity contribution is 5.74. The van der Waals surface area contributed by atoms with Gasteiger partial charge >= 0.3 is 5.97 Å². The number of aryl methyl sites for hydroxylation is 2. The third-order valence-corrected chi connectivity index (χ3v) is 3.26. The number of rotatable bonds is 8. The zero-order valence-electron chi connectivity index (χ0n) is 11.9. The molecular weight excluding hydrogens is 240 g/mol. The average molecular weight is 264 g/mol. The van der Waals surface area contributed by atoms with Gasteiger partial charge in [0.25, 0.3) is 0 Å². The molecule has 0 spiro atoms. The van der Waals surface area contributed by atoms with E-state index >= 15 is 0 Å². The van der Waals surface area contributed by atoms with Gasteiger partial charge in [-0.25, -0.2) is 4.79 Å². The standard InChI is InChI=1S/C16H24O3/c1-3-5-7-12-9-13(8-6-4-2)11-14(10-12)15(17)16(18)19/h9-11,15,17H,3-8H2,1-2H3,(H,18,19). The second-order valence-corrected chi connectivity index (χ2v) is 5.03. The minimum absolute atomic E-state index is 0.507. The van der Waals surface area contributed by atoms with Gasteiger partial charge in [0.2, 0.25) is 0 Å². The molecule has 106 valence electrons. The summed E-state index contributed by atoms with van der Waals surface area (Å²) in [5.74, 6) is -1.19. The lowest BCUT2D eigenvalue weighted by Gasteiger charge is -2.12. The number of hydrogen-bond acceptors (Lipinski definition) is 2. The molecule has 1 atom stereocenters. The smallest absolute Gasteiger partial charge is 0.337 e. The van der Waals surface area contributed by atoms with Crippen LogP contribution in [0, 0.1) is 0 Å². The summed E-state index contributed by atoms with van der Waals surface area (Å²) in [5.41, 5.74) is 2.77. The molecular formula is C16H24O3. The lowest BCUT2D eigenvalue weighted by Crippen LogP contribution is -2.11. The van der Waals surface area contributed by atoms with E-state index in [0.29, 0.717) is 5.56 Å². The van der Waals surface area contributed by atoms with E-state index in [9.17, 15) is 9.90 Å². The van der Waals surface area contributed by atoms with Crippen molar-refractivity contribution < 1.29 is 15.0 Å². The van der Waals surface area contributed by atoms with Crippen LogP contribution in [0.2, 0.25) is 0 Å². The van der Waals surface area contributed by atoms with Gasteiger partial charge in [-0.1, -0.05) is 44.9 Å². The monoisotopic (exact) mass is 264 g/mol. The molecule has 19 heavy (non-hydrogen) atoms. The van der Waals surface area contributed by atoms with Crippen molar-refractivity contribution in [3.05, 3.63) is 34.9 Å². The van der Waals surface area contributed by atoms with Crippen LogP contribution in [0.5, 0.6) is 0 Å². The van der Waals surface area contributed by atoms with Crippen molar-refractivity contribution in [1.29, 1.82) is 0 Å². The molecule has 0 aliphatic carbocycles. The molecule has 0 heterocycles. The molecule has 0 aromatic heterocycles. The van der Waals surface area contributed by atoms with Gasteiger partial charge in [0.15, 0.2) is 6.10 Å². The van der Waals surface area contributed by atoms with E-state index in [1.165, 1.54) is 0 Å². The fourth-order valence-electron chi connectivity index (χ4n) is 2.14. The van der Waals surface area contributed by atoms with Crippen molar-refractivity contribution in [2.24, 2.45) is 0 Å². The maximum atomic E-state index is 10.9. The highest BCUT2D eigenvalue weighted by atomic mass is 16.4. The predicted octanol–water partition coefficient (Wildman–Crippen LogP) is 3.49. The molecule has 1 unspecified atom stereocenters. The Bertz CT molecular complexity index is 386. The Balaban J connectivity index is 2.97. The highest BCUT2D eigenvalue weighted by Crippen LogP contribution is 2.20. The van der Waals surface area contributed by atoms with Crippen molar-refractivity contribution in [1.82, 2.24) is 0 Å². The second kappa shape index (κ2) is 7.95. The van der Waals surface area contributed by atoms with Crippen LogP contribution in [0.1, 0.15) is 62.3 Å². The molecule has 1 aromatic carbocycles. The summed E-state index contributed by atoms with van der Waals surface area (Å²) in [6.07, 6.45) is 4.85. The van der Waals surface area contributed by atoms with Crippen LogP contribution in [0.3, 0.4) is 0 Å². The first-order valence-electron chi connectivity index (χ1n) is 7.12. The summed E-state index contributed by atoms with van der Waals surface area (Å²) >= 11 is 0. The van der Waals surface area contributed by atoms with Crippen molar-refractivity contribution in [2.45, 2.75) is 58.5 Å². The van der Waals surface area contributed by atoms with E-state index in [2.05, 4.69) is 19.9 Å². The fourth-order valence-corrected chi connectivity index (χ4v) is 2.14. The minimum atomic E-state index is -1.41. The number of carbonyl (C=O) groups is 1. The minimum Gasteiger partial charge on any atom is -0.479 e. The first kappa shape index (κ1) is 15.7. The van der Waals surface area contributed by atoms with Crippen LogP contribution in [-0.2, 0) is 17.6 Å². The molecule has 0 aliphatic heterocycles. The van der Waals surface area contributed by atoms with Crippen molar-refractivity contribution in [3.63, 3.8) is 0 Å². The van der Waals surface area contributed by atoms with E-state index in [1.54, 1.807) is 0 Å². The average Bonchev–Trinajstić information content (AvgIpc) is 2.41. The maximum absolute atomic E-state index is 10.9. The largest absolute Gasteiger partial charge is 0.479 e. The highest BCUT2D eigenvalue weighted by Gasteiger charge is 2.17. The Morgan fingerprint density at radius 3 is 1.89 bits per heavy atom. The Hall–Kier alpha value is -1.35. The van der Waals surface area contributed by atoms with Crippen LogP contribution in [0.15, 0.2) is 18.2 Å². The van der Waals surface area contributed by atoms with E-state index in [-0.39, 0.29) is 0 Å². The van der Waals surface area contributed by atoms with Gasteiger partial charge in [0.05, 0.1) is 0 Å². The van der Waals surface area contributed by atoms with Crippen LogP contribution >= 0.6 is 0 Å². The molecule has 0 fully saturated rings. The summed E-state index contributed by atoms with van der Waals surface area (Å²) in [4.78, 5) is 10.9. The summed E-state index contributed by atoms with van der Waals surface area (Å²) in [6, 6.07) is 5.79. The summed E-state index contributed by atoms with van der Waals surface area (Å²) < 4.78 is 0. The predicted molar refractivity (Wildman–Crippen MR) is 76.3 cm³/mol. The number of carboxylic acid groups (broad SMARTS) is 1. The fraction of sp³-hybridized carbons (Fsp3) is 0.562. The molecule has 3 heteroatoms. The maximum Gasteiger partial charge on any atom is 0.337 e.